The molecule has 0 saturated heterocycles. The van der Waals surface area contributed by atoms with Gasteiger partial charge in [-0.3, -0.25) is 9.78 Å². The van der Waals surface area contributed by atoms with E-state index in [-0.39, 0.29) is 0 Å². The van der Waals surface area contributed by atoms with Gasteiger partial charge in [-0.15, -0.1) is 0 Å². The first kappa shape index (κ1) is 14.2. The second-order valence-electron chi connectivity index (χ2n) is 5.19. The molecule has 0 aliphatic carbocycles. The minimum atomic E-state index is -1.07. The molecule has 6 heteroatoms. The quantitative estimate of drug-likeness (QED) is 0.691. The topological polar surface area (TPSA) is 90.9 Å². The Morgan fingerprint density at radius 3 is 2.86 bits per heavy atom. The van der Waals surface area contributed by atoms with Gasteiger partial charge < -0.3 is 15.4 Å². The standard InChI is InChI=1S/C16H16N4O2/c1-9-5-11(3-4-17-9)13-6-12-8-18-15(7-14(12)19-13)20-16(22)10(2)21/h3-8,10,19,21H,1-2H3,(H,18,20,22)/t10-/m0/s1. The lowest BCUT2D eigenvalue weighted by Crippen LogP contribution is -2.24. The van der Waals surface area contributed by atoms with Gasteiger partial charge in [0.25, 0.3) is 5.91 Å². The normalized spacial score (nSPS) is 12.3. The Labute approximate surface area is 127 Å². The predicted octanol–water partition coefficient (Wildman–Crippen LogP) is 2.25. The van der Waals surface area contributed by atoms with Gasteiger partial charge in [0.2, 0.25) is 0 Å². The first-order chi connectivity index (χ1) is 10.5. The van der Waals surface area contributed by atoms with Gasteiger partial charge in [-0.2, -0.15) is 0 Å². The number of carbonyl (C=O) groups excluding carboxylic acids is 1. The molecule has 3 N–H and O–H groups in total. The molecule has 0 saturated carbocycles. The Balaban J connectivity index is 1.95. The van der Waals surface area contributed by atoms with Crippen molar-refractivity contribution in [1.29, 1.82) is 0 Å². The van der Waals surface area contributed by atoms with Crippen LogP contribution < -0.4 is 5.32 Å². The van der Waals surface area contributed by atoms with Crippen LogP contribution in [-0.4, -0.2) is 32.1 Å². The third-order valence-corrected chi connectivity index (χ3v) is 3.34. The van der Waals surface area contributed by atoms with Crippen molar-refractivity contribution in [2.24, 2.45) is 0 Å². The van der Waals surface area contributed by atoms with Gasteiger partial charge in [-0.25, -0.2) is 4.98 Å². The van der Waals surface area contributed by atoms with Crippen molar-refractivity contribution in [2.75, 3.05) is 5.32 Å². The molecular weight excluding hydrogens is 280 g/mol. The van der Waals surface area contributed by atoms with Crippen molar-refractivity contribution in [3.8, 4) is 11.3 Å². The molecule has 6 nitrogen and oxygen atoms in total. The van der Waals surface area contributed by atoms with E-state index in [0.29, 0.717) is 5.82 Å². The molecule has 3 heterocycles. The van der Waals surface area contributed by atoms with E-state index >= 15 is 0 Å². The van der Waals surface area contributed by atoms with Crippen LogP contribution in [0.4, 0.5) is 5.82 Å². The number of hydrogen-bond donors (Lipinski definition) is 3. The van der Waals surface area contributed by atoms with E-state index in [2.05, 4.69) is 20.3 Å². The highest BCUT2D eigenvalue weighted by Gasteiger charge is 2.11. The Hall–Kier alpha value is -2.73. The van der Waals surface area contributed by atoms with Gasteiger partial charge in [-0.1, -0.05) is 0 Å². The van der Waals surface area contributed by atoms with Crippen molar-refractivity contribution < 1.29 is 9.90 Å². The maximum Gasteiger partial charge on any atom is 0.254 e. The summed E-state index contributed by atoms with van der Waals surface area (Å²) in [5.74, 6) is -0.0823. The number of rotatable bonds is 3. The molecule has 1 atom stereocenters. The molecule has 0 spiro atoms. The number of hydrogen-bond acceptors (Lipinski definition) is 4. The summed E-state index contributed by atoms with van der Waals surface area (Å²) in [4.78, 5) is 23.2. The van der Waals surface area contributed by atoms with Gasteiger partial charge in [0.15, 0.2) is 0 Å². The number of aliphatic hydroxyl groups is 1. The van der Waals surface area contributed by atoms with Crippen LogP contribution in [0.25, 0.3) is 22.2 Å². The fraction of sp³-hybridized carbons (Fsp3) is 0.188. The number of anilines is 1. The third kappa shape index (κ3) is 2.82. The predicted molar refractivity (Wildman–Crippen MR) is 84.4 cm³/mol. The number of aromatic amines is 1. The van der Waals surface area contributed by atoms with Gasteiger partial charge in [0, 0.05) is 40.8 Å². The number of fused-ring (bicyclic) bond motifs is 1. The van der Waals surface area contributed by atoms with Crippen molar-refractivity contribution in [2.45, 2.75) is 20.0 Å². The van der Waals surface area contributed by atoms with E-state index in [0.717, 1.165) is 27.9 Å². The largest absolute Gasteiger partial charge is 0.384 e. The van der Waals surface area contributed by atoms with Crippen LogP contribution in [-0.2, 0) is 4.79 Å². The molecule has 112 valence electrons. The minimum absolute atomic E-state index is 0.401. The number of aliphatic hydroxyl groups excluding tert-OH is 1. The maximum absolute atomic E-state index is 11.5. The summed E-state index contributed by atoms with van der Waals surface area (Å²) in [5.41, 5.74) is 3.80. The molecule has 0 aliphatic heterocycles. The zero-order chi connectivity index (χ0) is 15.7. The number of amides is 1. The highest BCUT2D eigenvalue weighted by Crippen LogP contribution is 2.25. The molecule has 0 fully saturated rings. The zero-order valence-corrected chi connectivity index (χ0v) is 12.3. The lowest BCUT2D eigenvalue weighted by atomic mass is 10.2. The lowest BCUT2D eigenvalue weighted by molar-refractivity contribution is -0.123. The Kier molecular flexibility index (Phi) is 3.60. The van der Waals surface area contributed by atoms with Crippen molar-refractivity contribution in [1.82, 2.24) is 15.0 Å². The second kappa shape index (κ2) is 5.57. The summed E-state index contributed by atoms with van der Waals surface area (Å²) >= 11 is 0. The number of aryl methyl sites for hydroxylation is 1. The highest BCUT2D eigenvalue weighted by molar-refractivity contribution is 5.95. The van der Waals surface area contributed by atoms with E-state index in [1.165, 1.54) is 6.92 Å². The number of H-pyrrole nitrogens is 1. The van der Waals surface area contributed by atoms with Crippen LogP contribution in [0.15, 0.2) is 36.7 Å². The van der Waals surface area contributed by atoms with E-state index in [1.807, 2.05) is 25.1 Å². The number of nitrogens with one attached hydrogen (secondary N) is 2. The zero-order valence-electron chi connectivity index (χ0n) is 12.3. The van der Waals surface area contributed by atoms with Crippen LogP contribution in [0.1, 0.15) is 12.6 Å². The molecule has 22 heavy (non-hydrogen) atoms. The van der Waals surface area contributed by atoms with Crippen LogP contribution in [0, 0.1) is 6.92 Å². The third-order valence-electron chi connectivity index (χ3n) is 3.34. The van der Waals surface area contributed by atoms with Crippen LogP contribution in [0.2, 0.25) is 0 Å². The first-order valence-corrected chi connectivity index (χ1v) is 6.93. The molecule has 0 aromatic carbocycles. The first-order valence-electron chi connectivity index (χ1n) is 6.93. The van der Waals surface area contributed by atoms with Crippen LogP contribution in [0.3, 0.4) is 0 Å². The summed E-state index contributed by atoms with van der Waals surface area (Å²) in [7, 11) is 0. The smallest absolute Gasteiger partial charge is 0.254 e. The summed E-state index contributed by atoms with van der Waals surface area (Å²) < 4.78 is 0. The molecule has 1 amide bonds. The van der Waals surface area contributed by atoms with Crippen molar-refractivity contribution in [3.05, 3.63) is 42.4 Å². The highest BCUT2D eigenvalue weighted by atomic mass is 16.3. The minimum Gasteiger partial charge on any atom is -0.384 e. The summed E-state index contributed by atoms with van der Waals surface area (Å²) in [5, 5.41) is 12.7. The molecule has 0 unspecified atom stereocenters. The van der Waals surface area contributed by atoms with Crippen LogP contribution in [0.5, 0.6) is 0 Å². The SMILES string of the molecule is Cc1cc(-c2cc3cnc(NC(=O)[C@H](C)O)cc3[nH]2)ccn1. The molecule has 3 aromatic rings. The van der Waals surface area contributed by atoms with Crippen LogP contribution >= 0.6 is 0 Å². The monoisotopic (exact) mass is 296 g/mol. The molecule has 3 rings (SSSR count). The van der Waals surface area contributed by atoms with E-state index in [1.54, 1.807) is 18.5 Å². The maximum atomic E-state index is 11.5. The van der Waals surface area contributed by atoms with E-state index in [9.17, 15) is 9.90 Å². The Bertz CT molecular complexity index is 839. The fourth-order valence-electron chi connectivity index (χ4n) is 2.19. The number of carbonyl (C=O) groups is 1. The average Bonchev–Trinajstić information content (AvgIpc) is 2.90. The second-order valence-corrected chi connectivity index (χ2v) is 5.19. The molecule has 0 radical (unpaired) electrons. The Morgan fingerprint density at radius 1 is 1.32 bits per heavy atom. The number of aromatic nitrogens is 3. The van der Waals surface area contributed by atoms with Crippen molar-refractivity contribution >= 4 is 22.6 Å². The van der Waals surface area contributed by atoms with E-state index in [4.69, 9.17) is 0 Å². The Morgan fingerprint density at radius 2 is 2.14 bits per heavy atom. The van der Waals surface area contributed by atoms with E-state index < -0.39 is 12.0 Å². The van der Waals surface area contributed by atoms with Gasteiger partial charge in [0.1, 0.15) is 11.9 Å². The molecule has 3 aromatic heterocycles. The number of pyridine rings is 2. The number of nitrogens with zero attached hydrogens (tertiary/aromatic N) is 2. The average molecular weight is 296 g/mol. The van der Waals surface area contributed by atoms with Gasteiger partial charge in [-0.05, 0) is 32.0 Å². The van der Waals surface area contributed by atoms with Gasteiger partial charge >= 0.3 is 0 Å². The van der Waals surface area contributed by atoms with Crippen molar-refractivity contribution in [3.63, 3.8) is 0 Å². The van der Waals surface area contributed by atoms with Gasteiger partial charge in [0.05, 0.1) is 5.52 Å². The fourth-order valence-corrected chi connectivity index (χ4v) is 2.19. The molecular formula is C16H16N4O2. The summed E-state index contributed by atoms with van der Waals surface area (Å²) in [6.45, 7) is 3.35. The molecule has 0 bridgehead atoms. The molecule has 0 aliphatic rings. The summed E-state index contributed by atoms with van der Waals surface area (Å²) in [6, 6.07) is 7.67. The lowest BCUT2D eigenvalue weighted by Gasteiger charge is -2.05. The summed E-state index contributed by atoms with van der Waals surface area (Å²) in [6.07, 6.45) is 2.38.